The summed E-state index contributed by atoms with van der Waals surface area (Å²) < 4.78 is 7.39. The summed E-state index contributed by atoms with van der Waals surface area (Å²) in [6.45, 7) is 14.9. The van der Waals surface area contributed by atoms with Crippen LogP contribution in [0.1, 0.15) is 46.4 Å². The van der Waals surface area contributed by atoms with E-state index in [-0.39, 0.29) is 5.41 Å². The molecular formula is C21H34N6O. The van der Waals surface area contributed by atoms with Crippen LogP contribution in [0.2, 0.25) is 0 Å². The van der Waals surface area contributed by atoms with Gasteiger partial charge in [-0.15, -0.1) is 0 Å². The lowest BCUT2D eigenvalue weighted by Gasteiger charge is -2.41. The third kappa shape index (κ3) is 3.74. The van der Waals surface area contributed by atoms with Gasteiger partial charge in [0.25, 0.3) is 0 Å². The summed E-state index contributed by atoms with van der Waals surface area (Å²) in [6.07, 6.45) is 4.32. The van der Waals surface area contributed by atoms with Crippen molar-refractivity contribution in [2.75, 3.05) is 44.3 Å². The zero-order chi connectivity index (χ0) is 19.9. The number of piperidine rings is 1. The van der Waals surface area contributed by atoms with Crippen LogP contribution >= 0.6 is 0 Å². The summed E-state index contributed by atoms with van der Waals surface area (Å²) in [4.78, 5) is 14.9. The van der Waals surface area contributed by atoms with Crippen LogP contribution in [0.15, 0.2) is 6.20 Å². The first-order chi connectivity index (χ1) is 13.3. The summed E-state index contributed by atoms with van der Waals surface area (Å²) in [5, 5.41) is 5.51. The number of ether oxygens (including phenoxy) is 1. The molecule has 28 heavy (non-hydrogen) atoms. The third-order valence-electron chi connectivity index (χ3n) is 6.39. The molecule has 1 atom stereocenters. The number of morpholine rings is 1. The predicted octanol–water partition coefficient (Wildman–Crippen LogP) is 2.60. The van der Waals surface area contributed by atoms with Crippen LogP contribution in [0.4, 0.5) is 5.82 Å². The van der Waals surface area contributed by atoms with Gasteiger partial charge in [0, 0.05) is 44.7 Å². The molecule has 0 spiro atoms. The van der Waals surface area contributed by atoms with E-state index in [0.717, 1.165) is 68.0 Å². The molecule has 0 N–H and O–H groups in total. The van der Waals surface area contributed by atoms with E-state index in [1.54, 1.807) is 0 Å². The molecule has 0 saturated carbocycles. The van der Waals surface area contributed by atoms with E-state index in [0.29, 0.717) is 6.04 Å². The van der Waals surface area contributed by atoms with Crippen molar-refractivity contribution < 1.29 is 4.74 Å². The molecule has 0 radical (unpaired) electrons. The lowest BCUT2D eigenvalue weighted by Crippen LogP contribution is -2.48. The first kappa shape index (κ1) is 19.6. The molecule has 0 aliphatic carbocycles. The second-order valence-corrected chi connectivity index (χ2v) is 9.34. The van der Waals surface area contributed by atoms with E-state index in [2.05, 4.69) is 42.6 Å². The summed E-state index contributed by atoms with van der Waals surface area (Å²) in [5.74, 6) is 2.69. The predicted molar refractivity (Wildman–Crippen MR) is 112 cm³/mol. The normalized spacial score (nSPS) is 21.4. The second-order valence-electron chi connectivity index (χ2n) is 9.34. The fourth-order valence-corrected chi connectivity index (χ4v) is 4.46. The number of nitrogens with zero attached hydrogens (tertiary/aromatic N) is 6. The SMILES string of the molecule is CC(C1CCN(c2nc(C(C)(C)C)nc3c2cnn3C)CC1)N1CCOCC1. The number of hydrogen-bond donors (Lipinski definition) is 0. The van der Waals surface area contributed by atoms with E-state index in [1.165, 1.54) is 12.8 Å². The zero-order valence-electron chi connectivity index (χ0n) is 18.0. The van der Waals surface area contributed by atoms with Gasteiger partial charge in [-0.05, 0) is 25.7 Å². The first-order valence-corrected chi connectivity index (χ1v) is 10.6. The molecule has 0 bridgehead atoms. The lowest BCUT2D eigenvalue weighted by atomic mass is 9.89. The van der Waals surface area contributed by atoms with Crippen LogP contribution in [-0.2, 0) is 17.2 Å². The van der Waals surface area contributed by atoms with Gasteiger partial charge < -0.3 is 9.64 Å². The lowest BCUT2D eigenvalue weighted by molar-refractivity contribution is 0.00448. The van der Waals surface area contributed by atoms with Crippen molar-refractivity contribution in [3.8, 4) is 0 Å². The topological polar surface area (TPSA) is 59.3 Å². The maximum atomic E-state index is 5.52. The molecule has 154 valence electrons. The molecule has 7 heteroatoms. The van der Waals surface area contributed by atoms with Crippen LogP contribution in [0.5, 0.6) is 0 Å². The minimum absolute atomic E-state index is 0.0869. The Kier molecular flexibility index (Phi) is 5.31. The van der Waals surface area contributed by atoms with Crippen LogP contribution in [0.3, 0.4) is 0 Å². The van der Waals surface area contributed by atoms with E-state index in [1.807, 2.05) is 17.9 Å². The van der Waals surface area contributed by atoms with Gasteiger partial charge in [0.15, 0.2) is 5.65 Å². The van der Waals surface area contributed by atoms with Gasteiger partial charge in [0.1, 0.15) is 11.6 Å². The van der Waals surface area contributed by atoms with Crippen molar-refractivity contribution in [1.29, 1.82) is 0 Å². The Morgan fingerprint density at radius 1 is 1.07 bits per heavy atom. The monoisotopic (exact) mass is 386 g/mol. The summed E-state index contributed by atoms with van der Waals surface area (Å²) in [7, 11) is 1.96. The number of hydrogen-bond acceptors (Lipinski definition) is 6. The summed E-state index contributed by atoms with van der Waals surface area (Å²) in [5.41, 5.74) is 0.842. The Hall–Kier alpha value is -1.73. The Morgan fingerprint density at radius 3 is 2.39 bits per heavy atom. The largest absolute Gasteiger partial charge is 0.379 e. The van der Waals surface area contributed by atoms with Gasteiger partial charge in [-0.2, -0.15) is 5.10 Å². The third-order valence-corrected chi connectivity index (χ3v) is 6.39. The first-order valence-electron chi connectivity index (χ1n) is 10.6. The standard InChI is InChI=1S/C21H34N6O/c1-15(26-10-12-28-13-11-26)16-6-8-27(9-7-16)19-17-14-22-25(5)18(17)23-20(24-19)21(2,3)4/h14-16H,6-13H2,1-5H3. The average molecular weight is 387 g/mol. The van der Waals surface area contributed by atoms with Crippen LogP contribution in [0.25, 0.3) is 11.0 Å². The molecule has 2 aromatic rings. The van der Waals surface area contributed by atoms with Crippen molar-refractivity contribution in [1.82, 2.24) is 24.6 Å². The maximum absolute atomic E-state index is 5.52. The van der Waals surface area contributed by atoms with Crippen molar-refractivity contribution in [3.05, 3.63) is 12.0 Å². The molecule has 1 unspecified atom stereocenters. The number of fused-ring (bicyclic) bond motifs is 1. The van der Waals surface area contributed by atoms with Crippen molar-refractivity contribution in [2.24, 2.45) is 13.0 Å². The Balaban J connectivity index is 1.53. The highest BCUT2D eigenvalue weighted by Gasteiger charge is 2.30. The quantitative estimate of drug-likeness (QED) is 0.808. The van der Waals surface area contributed by atoms with Crippen LogP contribution in [0, 0.1) is 5.92 Å². The Bertz CT molecular complexity index is 812. The van der Waals surface area contributed by atoms with E-state index >= 15 is 0 Å². The number of aryl methyl sites for hydroxylation is 1. The Morgan fingerprint density at radius 2 is 1.75 bits per heavy atom. The fourth-order valence-electron chi connectivity index (χ4n) is 4.46. The molecule has 2 aliphatic heterocycles. The van der Waals surface area contributed by atoms with Crippen LogP contribution < -0.4 is 4.90 Å². The van der Waals surface area contributed by atoms with Gasteiger partial charge in [-0.3, -0.25) is 9.58 Å². The highest BCUT2D eigenvalue weighted by molar-refractivity contribution is 5.87. The molecular weight excluding hydrogens is 352 g/mol. The van der Waals surface area contributed by atoms with Gasteiger partial charge in [0.05, 0.1) is 24.8 Å². The van der Waals surface area contributed by atoms with Crippen molar-refractivity contribution in [2.45, 2.75) is 52.0 Å². The van der Waals surface area contributed by atoms with Gasteiger partial charge in [-0.25, -0.2) is 9.97 Å². The molecule has 2 saturated heterocycles. The second kappa shape index (κ2) is 7.59. The number of anilines is 1. The average Bonchev–Trinajstić information content (AvgIpc) is 3.08. The molecule has 2 fully saturated rings. The van der Waals surface area contributed by atoms with Gasteiger partial charge in [0.2, 0.25) is 0 Å². The van der Waals surface area contributed by atoms with Gasteiger partial charge >= 0.3 is 0 Å². The molecule has 4 heterocycles. The van der Waals surface area contributed by atoms with Gasteiger partial charge in [-0.1, -0.05) is 20.8 Å². The molecule has 7 nitrogen and oxygen atoms in total. The number of aromatic nitrogens is 4. The van der Waals surface area contributed by atoms with Crippen molar-refractivity contribution >= 4 is 16.9 Å². The smallest absolute Gasteiger partial charge is 0.163 e. The molecule has 4 rings (SSSR count). The zero-order valence-corrected chi connectivity index (χ0v) is 18.0. The van der Waals surface area contributed by atoms with E-state index in [9.17, 15) is 0 Å². The molecule has 0 aromatic carbocycles. The van der Waals surface area contributed by atoms with Crippen molar-refractivity contribution in [3.63, 3.8) is 0 Å². The van der Waals surface area contributed by atoms with E-state index in [4.69, 9.17) is 14.7 Å². The summed E-state index contributed by atoms with van der Waals surface area (Å²) >= 11 is 0. The highest BCUT2D eigenvalue weighted by atomic mass is 16.5. The Labute approximate surface area is 168 Å². The number of rotatable bonds is 3. The summed E-state index contributed by atoms with van der Waals surface area (Å²) in [6, 6.07) is 0.625. The molecule has 2 aliphatic rings. The minimum atomic E-state index is -0.0869. The molecule has 2 aromatic heterocycles. The minimum Gasteiger partial charge on any atom is -0.379 e. The highest BCUT2D eigenvalue weighted by Crippen LogP contribution is 2.32. The van der Waals surface area contributed by atoms with Crippen LogP contribution in [-0.4, -0.2) is 70.1 Å². The maximum Gasteiger partial charge on any atom is 0.163 e. The molecule has 0 amide bonds. The van der Waals surface area contributed by atoms with E-state index < -0.39 is 0 Å². The fraction of sp³-hybridized carbons (Fsp3) is 0.762.